The second-order valence-electron chi connectivity index (χ2n) is 5.42. The van der Waals surface area contributed by atoms with Crippen molar-refractivity contribution in [3.05, 3.63) is 42.2 Å². The molecule has 0 radical (unpaired) electrons. The standard InChI is InChI=1S/C15H17F3N4/c1-20-8-10-21(11-9-20)12-4-2-3-5-13(12)22-7-6-14(19-22)15(16,17)18/h2-7H,8-11H2,1H3. The first-order valence-electron chi connectivity index (χ1n) is 7.11. The van der Waals surface area contributed by atoms with Gasteiger partial charge in [0.15, 0.2) is 5.69 Å². The zero-order valence-electron chi connectivity index (χ0n) is 12.2. The van der Waals surface area contributed by atoms with Crippen LogP contribution in [0.25, 0.3) is 5.69 Å². The number of piperazine rings is 1. The minimum absolute atomic E-state index is 0.669. The van der Waals surface area contributed by atoms with Gasteiger partial charge in [0.2, 0.25) is 0 Å². The second kappa shape index (κ2) is 5.64. The highest BCUT2D eigenvalue weighted by molar-refractivity contribution is 5.62. The van der Waals surface area contributed by atoms with Crippen LogP contribution >= 0.6 is 0 Å². The van der Waals surface area contributed by atoms with E-state index >= 15 is 0 Å². The van der Waals surface area contributed by atoms with Gasteiger partial charge in [-0.25, -0.2) is 4.68 Å². The van der Waals surface area contributed by atoms with Crippen LogP contribution in [0.1, 0.15) is 5.69 Å². The van der Waals surface area contributed by atoms with Gasteiger partial charge in [0, 0.05) is 32.4 Å². The summed E-state index contributed by atoms with van der Waals surface area (Å²) >= 11 is 0. The Labute approximate surface area is 126 Å². The molecule has 1 aromatic heterocycles. The van der Waals surface area contributed by atoms with Crippen LogP contribution in [0.4, 0.5) is 18.9 Å². The fraction of sp³-hybridized carbons (Fsp3) is 0.400. The first-order valence-corrected chi connectivity index (χ1v) is 7.11. The molecule has 3 rings (SSSR count). The van der Waals surface area contributed by atoms with Crippen LogP contribution in [0.5, 0.6) is 0 Å². The summed E-state index contributed by atoms with van der Waals surface area (Å²) in [5.74, 6) is 0. The molecule has 118 valence electrons. The normalized spacial score (nSPS) is 17.0. The van der Waals surface area contributed by atoms with Crippen molar-refractivity contribution in [1.82, 2.24) is 14.7 Å². The third-order valence-corrected chi connectivity index (χ3v) is 3.85. The van der Waals surface area contributed by atoms with Crippen LogP contribution in [0, 0.1) is 0 Å². The number of nitrogens with zero attached hydrogens (tertiary/aromatic N) is 4. The molecule has 1 aromatic carbocycles. The van der Waals surface area contributed by atoms with Crippen molar-refractivity contribution in [3.63, 3.8) is 0 Å². The first-order chi connectivity index (χ1) is 10.4. The molecule has 0 N–H and O–H groups in total. The van der Waals surface area contributed by atoms with Gasteiger partial charge >= 0.3 is 6.18 Å². The average Bonchev–Trinajstić information content (AvgIpc) is 2.98. The largest absolute Gasteiger partial charge is 0.435 e. The zero-order chi connectivity index (χ0) is 15.7. The Kier molecular flexibility index (Phi) is 3.82. The molecule has 0 spiro atoms. The Hall–Kier alpha value is -2.02. The monoisotopic (exact) mass is 310 g/mol. The number of benzene rings is 1. The maximum Gasteiger partial charge on any atom is 0.435 e. The minimum atomic E-state index is -4.42. The van der Waals surface area contributed by atoms with Gasteiger partial charge in [0.25, 0.3) is 0 Å². The van der Waals surface area contributed by atoms with Gasteiger partial charge in [-0.2, -0.15) is 18.3 Å². The van der Waals surface area contributed by atoms with E-state index in [0.717, 1.165) is 37.9 Å². The second-order valence-corrected chi connectivity index (χ2v) is 5.42. The van der Waals surface area contributed by atoms with Gasteiger partial charge in [0.05, 0.1) is 11.4 Å². The van der Waals surface area contributed by atoms with Gasteiger partial charge in [-0.3, -0.25) is 0 Å². The predicted molar refractivity (Wildman–Crippen MR) is 78.3 cm³/mol. The molecule has 0 unspecified atom stereocenters. The predicted octanol–water partition coefficient (Wildman–Crippen LogP) is 2.64. The van der Waals surface area contributed by atoms with Crippen LogP contribution in [0.2, 0.25) is 0 Å². The summed E-state index contributed by atoms with van der Waals surface area (Å²) in [4.78, 5) is 4.42. The number of hydrogen-bond acceptors (Lipinski definition) is 3. The van der Waals surface area contributed by atoms with Gasteiger partial charge in [-0.1, -0.05) is 12.1 Å². The summed E-state index contributed by atoms with van der Waals surface area (Å²) in [6.45, 7) is 3.56. The maximum atomic E-state index is 12.7. The summed E-state index contributed by atoms with van der Waals surface area (Å²) in [6.07, 6.45) is -3.06. The number of rotatable bonds is 2. The molecule has 0 aliphatic carbocycles. The lowest BCUT2D eigenvalue weighted by molar-refractivity contribution is -0.141. The number of hydrogen-bond donors (Lipinski definition) is 0. The summed E-state index contributed by atoms with van der Waals surface area (Å²) < 4.78 is 39.5. The third-order valence-electron chi connectivity index (χ3n) is 3.85. The molecular weight excluding hydrogens is 293 g/mol. The number of para-hydroxylation sites is 2. The van der Waals surface area contributed by atoms with E-state index in [0.29, 0.717) is 5.69 Å². The van der Waals surface area contributed by atoms with E-state index in [1.165, 1.54) is 10.9 Å². The Bertz CT molecular complexity index is 642. The average molecular weight is 310 g/mol. The number of likely N-dealkylation sites (N-methyl/N-ethyl adjacent to an activating group) is 1. The Morgan fingerprint density at radius 2 is 1.59 bits per heavy atom. The summed E-state index contributed by atoms with van der Waals surface area (Å²) in [7, 11) is 2.06. The SMILES string of the molecule is CN1CCN(c2ccccc2-n2ccc(C(F)(F)F)n2)CC1. The maximum absolute atomic E-state index is 12.7. The van der Waals surface area contributed by atoms with Crippen molar-refractivity contribution in [2.24, 2.45) is 0 Å². The van der Waals surface area contributed by atoms with E-state index in [2.05, 4.69) is 21.9 Å². The Morgan fingerprint density at radius 3 is 2.18 bits per heavy atom. The van der Waals surface area contributed by atoms with Crippen molar-refractivity contribution in [2.75, 3.05) is 38.1 Å². The number of halogens is 3. The molecule has 0 amide bonds. The van der Waals surface area contributed by atoms with Crippen molar-refractivity contribution < 1.29 is 13.2 Å². The van der Waals surface area contributed by atoms with Crippen LogP contribution in [-0.4, -0.2) is 47.9 Å². The van der Waals surface area contributed by atoms with Crippen molar-refractivity contribution >= 4 is 5.69 Å². The fourth-order valence-corrected chi connectivity index (χ4v) is 2.58. The Balaban J connectivity index is 1.93. The van der Waals surface area contributed by atoms with E-state index in [4.69, 9.17) is 0 Å². The molecule has 0 atom stereocenters. The van der Waals surface area contributed by atoms with E-state index in [1.54, 1.807) is 6.07 Å². The van der Waals surface area contributed by atoms with Crippen LogP contribution in [-0.2, 0) is 6.18 Å². The molecule has 22 heavy (non-hydrogen) atoms. The molecule has 1 fully saturated rings. The summed E-state index contributed by atoms with van der Waals surface area (Å²) in [5.41, 5.74) is 0.704. The highest BCUT2D eigenvalue weighted by Crippen LogP contribution is 2.30. The van der Waals surface area contributed by atoms with E-state index < -0.39 is 11.9 Å². The quantitative estimate of drug-likeness (QED) is 0.852. The lowest BCUT2D eigenvalue weighted by Crippen LogP contribution is -2.44. The van der Waals surface area contributed by atoms with Gasteiger partial charge in [0.1, 0.15) is 0 Å². The topological polar surface area (TPSA) is 24.3 Å². The third kappa shape index (κ3) is 2.94. The van der Waals surface area contributed by atoms with Crippen LogP contribution in [0.15, 0.2) is 36.5 Å². The van der Waals surface area contributed by atoms with Crippen molar-refractivity contribution in [1.29, 1.82) is 0 Å². The molecule has 1 aliphatic rings. The molecule has 1 aliphatic heterocycles. The van der Waals surface area contributed by atoms with E-state index in [-0.39, 0.29) is 0 Å². The summed E-state index contributed by atoms with van der Waals surface area (Å²) in [5, 5.41) is 3.68. The zero-order valence-corrected chi connectivity index (χ0v) is 12.2. The fourth-order valence-electron chi connectivity index (χ4n) is 2.58. The minimum Gasteiger partial charge on any atom is -0.367 e. The van der Waals surface area contributed by atoms with Gasteiger partial charge in [-0.05, 0) is 25.2 Å². The van der Waals surface area contributed by atoms with Crippen LogP contribution in [0.3, 0.4) is 0 Å². The Morgan fingerprint density at radius 1 is 0.955 bits per heavy atom. The molecule has 0 saturated carbocycles. The first kappa shape index (κ1) is 14.9. The number of alkyl halides is 3. The molecule has 2 aromatic rings. The molecule has 7 heteroatoms. The van der Waals surface area contributed by atoms with Gasteiger partial charge < -0.3 is 9.80 Å². The molecule has 4 nitrogen and oxygen atoms in total. The van der Waals surface area contributed by atoms with Crippen molar-refractivity contribution in [3.8, 4) is 5.69 Å². The van der Waals surface area contributed by atoms with E-state index in [9.17, 15) is 13.2 Å². The molecule has 0 bridgehead atoms. The van der Waals surface area contributed by atoms with Crippen LogP contribution < -0.4 is 4.90 Å². The lowest BCUT2D eigenvalue weighted by Gasteiger charge is -2.35. The highest BCUT2D eigenvalue weighted by Gasteiger charge is 2.33. The smallest absolute Gasteiger partial charge is 0.367 e. The van der Waals surface area contributed by atoms with E-state index in [1.807, 2.05) is 18.2 Å². The lowest BCUT2D eigenvalue weighted by atomic mass is 10.2. The van der Waals surface area contributed by atoms with Crippen molar-refractivity contribution in [2.45, 2.75) is 6.18 Å². The molecular formula is C15H17F3N4. The molecule has 2 heterocycles. The molecule has 1 saturated heterocycles. The van der Waals surface area contributed by atoms with Gasteiger partial charge in [-0.15, -0.1) is 0 Å². The number of aromatic nitrogens is 2. The number of anilines is 1. The summed E-state index contributed by atoms with van der Waals surface area (Å²) in [6, 6.07) is 8.42. The highest BCUT2D eigenvalue weighted by atomic mass is 19.4.